The van der Waals surface area contributed by atoms with E-state index >= 15 is 0 Å². The molecular formula is C5H13NO3S. The van der Waals surface area contributed by atoms with Crippen LogP contribution in [0.25, 0.3) is 0 Å². The lowest BCUT2D eigenvalue weighted by atomic mass is 10.5. The van der Waals surface area contributed by atoms with E-state index in [9.17, 15) is 8.42 Å². The first-order valence-corrected chi connectivity index (χ1v) is 4.96. The average molecular weight is 167 g/mol. The smallest absolute Gasteiger partial charge is 0.152 e. The van der Waals surface area contributed by atoms with Gasteiger partial charge >= 0.3 is 0 Å². The molecule has 5 heteroatoms. The highest BCUT2D eigenvalue weighted by Crippen LogP contribution is 1.91. The fourth-order valence-corrected chi connectivity index (χ4v) is 1.63. The first-order chi connectivity index (χ1) is 4.62. The summed E-state index contributed by atoms with van der Waals surface area (Å²) >= 11 is 0. The molecule has 0 spiro atoms. The van der Waals surface area contributed by atoms with E-state index in [1.165, 1.54) is 0 Å². The molecule has 0 atom stereocenters. The van der Waals surface area contributed by atoms with E-state index in [0.29, 0.717) is 13.0 Å². The molecule has 10 heavy (non-hydrogen) atoms. The van der Waals surface area contributed by atoms with Crippen LogP contribution in [0.4, 0.5) is 0 Å². The molecule has 3 N–H and O–H groups in total. The lowest BCUT2D eigenvalue weighted by molar-refractivity contribution is 0.319. The number of nitrogens with two attached hydrogens (primary N) is 1. The van der Waals surface area contributed by atoms with E-state index in [1.807, 2.05) is 0 Å². The molecule has 0 aromatic heterocycles. The van der Waals surface area contributed by atoms with Crippen LogP contribution in [0.15, 0.2) is 0 Å². The minimum atomic E-state index is -3.02. The Balaban J connectivity index is 3.65. The maximum absolute atomic E-state index is 10.8. The van der Waals surface area contributed by atoms with Crippen LogP contribution in [-0.2, 0) is 9.84 Å². The Morgan fingerprint density at radius 3 is 2.30 bits per heavy atom. The molecule has 0 heterocycles. The summed E-state index contributed by atoms with van der Waals surface area (Å²) in [6.45, 7) is 0.0809. The van der Waals surface area contributed by atoms with Crippen molar-refractivity contribution in [3.8, 4) is 0 Å². The third kappa shape index (κ3) is 4.72. The zero-order valence-corrected chi connectivity index (χ0v) is 6.60. The average Bonchev–Trinajstić information content (AvgIpc) is 1.84. The summed E-state index contributed by atoms with van der Waals surface area (Å²) in [6.07, 6.45) is 0.475. The summed E-state index contributed by atoms with van der Waals surface area (Å²) in [5.74, 6) is -0.0585. The standard InChI is InChI=1S/C5H13NO3S/c6-2-1-4-10(8,9)5-3-7/h7H,1-6H2. The van der Waals surface area contributed by atoms with Crippen LogP contribution in [0, 0.1) is 0 Å². The van der Waals surface area contributed by atoms with Gasteiger partial charge in [-0.3, -0.25) is 0 Å². The van der Waals surface area contributed by atoms with Crippen molar-refractivity contribution < 1.29 is 13.5 Å². The Kier molecular flexibility index (Phi) is 4.59. The van der Waals surface area contributed by atoms with Gasteiger partial charge < -0.3 is 10.8 Å². The minimum absolute atomic E-state index is 0.0874. The van der Waals surface area contributed by atoms with Gasteiger partial charge in [0, 0.05) is 0 Å². The summed E-state index contributed by atoms with van der Waals surface area (Å²) in [4.78, 5) is 0. The van der Waals surface area contributed by atoms with Crippen LogP contribution in [0.5, 0.6) is 0 Å². The summed E-state index contributed by atoms with van der Waals surface area (Å²) < 4.78 is 21.5. The molecule has 0 rings (SSSR count). The van der Waals surface area contributed by atoms with Gasteiger partial charge in [-0.25, -0.2) is 8.42 Å². The Morgan fingerprint density at radius 1 is 1.30 bits per heavy atom. The predicted octanol–water partition coefficient (Wildman–Crippen LogP) is -1.26. The maximum Gasteiger partial charge on any atom is 0.152 e. The van der Waals surface area contributed by atoms with Gasteiger partial charge in [-0.1, -0.05) is 0 Å². The number of hydrogen-bond donors (Lipinski definition) is 2. The zero-order valence-electron chi connectivity index (χ0n) is 5.78. The van der Waals surface area contributed by atoms with Crippen molar-refractivity contribution in [1.29, 1.82) is 0 Å². The topological polar surface area (TPSA) is 80.4 Å². The van der Waals surface area contributed by atoms with Crippen molar-refractivity contribution in [2.45, 2.75) is 6.42 Å². The molecule has 62 valence electrons. The van der Waals surface area contributed by atoms with Crippen molar-refractivity contribution in [1.82, 2.24) is 0 Å². The normalized spacial score (nSPS) is 11.8. The highest BCUT2D eigenvalue weighted by atomic mass is 32.2. The number of aliphatic hydroxyl groups excluding tert-OH is 1. The second-order valence-corrected chi connectivity index (χ2v) is 4.32. The Labute approximate surface area is 61.0 Å². The molecule has 0 aromatic carbocycles. The highest BCUT2D eigenvalue weighted by Gasteiger charge is 2.07. The molecule has 0 bridgehead atoms. The number of hydrogen-bond acceptors (Lipinski definition) is 4. The Morgan fingerprint density at radius 2 is 1.90 bits per heavy atom. The molecule has 0 aromatic rings. The first-order valence-electron chi connectivity index (χ1n) is 3.14. The van der Waals surface area contributed by atoms with E-state index in [2.05, 4.69) is 0 Å². The second-order valence-electron chi connectivity index (χ2n) is 2.02. The monoisotopic (exact) mass is 167 g/mol. The van der Waals surface area contributed by atoms with Gasteiger partial charge in [-0.15, -0.1) is 0 Å². The van der Waals surface area contributed by atoms with Crippen LogP contribution in [-0.4, -0.2) is 38.2 Å². The SMILES string of the molecule is NCCCS(=O)(=O)CCO. The quantitative estimate of drug-likeness (QED) is 0.535. The lowest BCUT2D eigenvalue weighted by Gasteiger charge is -1.98. The molecule has 0 aliphatic heterocycles. The first kappa shape index (κ1) is 9.87. The number of aliphatic hydroxyl groups is 1. The molecule has 0 radical (unpaired) electrons. The van der Waals surface area contributed by atoms with Crippen LogP contribution >= 0.6 is 0 Å². The van der Waals surface area contributed by atoms with Gasteiger partial charge in [-0.2, -0.15) is 0 Å². The van der Waals surface area contributed by atoms with E-state index in [-0.39, 0.29) is 18.1 Å². The van der Waals surface area contributed by atoms with Crippen LogP contribution in [0.1, 0.15) is 6.42 Å². The molecule has 0 saturated heterocycles. The second kappa shape index (κ2) is 4.65. The molecular weight excluding hydrogens is 154 g/mol. The third-order valence-corrected chi connectivity index (χ3v) is 2.78. The fourth-order valence-electron chi connectivity index (χ4n) is 0.544. The lowest BCUT2D eigenvalue weighted by Crippen LogP contribution is -2.16. The highest BCUT2D eigenvalue weighted by molar-refractivity contribution is 7.91. The van der Waals surface area contributed by atoms with E-state index < -0.39 is 9.84 Å². The van der Waals surface area contributed by atoms with Crippen LogP contribution < -0.4 is 5.73 Å². The Bertz CT molecular complexity index is 164. The third-order valence-electron chi connectivity index (χ3n) is 1.06. The van der Waals surface area contributed by atoms with Gasteiger partial charge in [0.2, 0.25) is 0 Å². The molecule has 0 aliphatic rings. The van der Waals surface area contributed by atoms with Gasteiger partial charge in [-0.05, 0) is 13.0 Å². The van der Waals surface area contributed by atoms with Crippen molar-refractivity contribution in [3.05, 3.63) is 0 Å². The van der Waals surface area contributed by atoms with Gasteiger partial charge in [0.1, 0.15) is 0 Å². The van der Waals surface area contributed by atoms with Crippen molar-refractivity contribution >= 4 is 9.84 Å². The van der Waals surface area contributed by atoms with Gasteiger partial charge in [0.25, 0.3) is 0 Å². The van der Waals surface area contributed by atoms with Crippen molar-refractivity contribution in [3.63, 3.8) is 0 Å². The molecule has 0 unspecified atom stereocenters. The van der Waals surface area contributed by atoms with Crippen LogP contribution in [0.3, 0.4) is 0 Å². The van der Waals surface area contributed by atoms with Gasteiger partial charge in [0.05, 0.1) is 18.1 Å². The maximum atomic E-state index is 10.8. The number of rotatable bonds is 5. The molecule has 4 nitrogen and oxygen atoms in total. The van der Waals surface area contributed by atoms with Crippen molar-refractivity contribution in [2.24, 2.45) is 5.73 Å². The fraction of sp³-hybridized carbons (Fsp3) is 1.00. The van der Waals surface area contributed by atoms with E-state index in [0.717, 1.165) is 0 Å². The molecule has 0 fully saturated rings. The van der Waals surface area contributed by atoms with Gasteiger partial charge in [0.15, 0.2) is 9.84 Å². The molecule has 0 saturated carbocycles. The summed E-state index contributed by atoms with van der Waals surface area (Å²) in [6, 6.07) is 0. The summed E-state index contributed by atoms with van der Waals surface area (Å²) in [5.41, 5.74) is 5.10. The number of sulfone groups is 1. The van der Waals surface area contributed by atoms with E-state index in [1.54, 1.807) is 0 Å². The van der Waals surface area contributed by atoms with E-state index in [4.69, 9.17) is 10.8 Å². The largest absolute Gasteiger partial charge is 0.395 e. The summed E-state index contributed by atoms with van der Waals surface area (Å²) in [5, 5.41) is 8.29. The zero-order chi connectivity index (χ0) is 8.04. The Hall–Kier alpha value is -0.130. The molecule has 0 amide bonds. The minimum Gasteiger partial charge on any atom is -0.395 e. The predicted molar refractivity (Wildman–Crippen MR) is 39.4 cm³/mol. The van der Waals surface area contributed by atoms with Crippen LogP contribution in [0.2, 0.25) is 0 Å². The summed E-state index contributed by atoms with van der Waals surface area (Å²) in [7, 11) is -3.02. The molecule has 0 aliphatic carbocycles. The van der Waals surface area contributed by atoms with Crippen molar-refractivity contribution in [2.75, 3.05) is 24.7 Å².